The third-order valence-corrected chi connectivity index (χ3v) is 19.5. The highest BCUT2D eigenvalue weighted by atomic mass is 33.1. The van der Waals surface area contributed by atoms with Gasteiger partial charge in [-0.05, 0) is 133 Å². The molecule has 3 atom stereocenters. The van der Waals surface area contributed by atoms with Gasteiger partial charge in [-0.1, -0.05) is 299 Å². The number of aliphatic hydroxyl groups excluding tert-OH is 2. The second-order valence-corrected chi connectivity index (χ2v) is 28.1. The molecule has 0 aromatic carbocycles. The molecule has 0 saturated carbocycles. The van der Waals surface area contributed by atoms with Gasteiger partial charge in [0.05, 0.1) is 18.9 Å². The summed E-state index contributed by atoms with van der Waals surface area (Å²) >= 11 is 0. The molecule has 0 bridgehead atoms. The monoisotopic (exact) mass is 1180 g/mol. The van der Waals surface area contributed by atoms with Gasteiger partial charge < -0.3 is 20.0 Å². The maximum absolute atomic E-state index is 11.3. The number of nitrogens with zero attached hydrogens (tertiary/aromatic N) is 4. The van der Waals surface area contributed by atoms with Crippen LogP contribution in [-0.2, 0) is 0 Å². The minimum absolute atomic E-state index is 0.181. The molecule has 0 amide bonds. The van der Waals surface area contributed by atoms with Crippen LogP contribution in [0.25, 0.3) is 0 Å². The molecule has 82 heavy (non-hydrogen) atoms. The molecule has 0 spiro atoms. The Labute approximate surface area is 521 Å². The minimum atomic E-state index is -0.246. The Morgan fingerprint density at radius 2 is 0.829 bits per heavy atom. The largest absolute Gasteiger partial charge is 0.392 e. The summed E-state index contributed by atoms with van der Waals surface area (Å²) in [5, 5.41) is 22.5. The molecule has 0 aromatic rings. The summed E-state index contributed by atoms with van der Waals surface area (Å²) in [4.78, 5) is 7.82. The number of unbranched alkanes of at least 4 members (excludes halogenated alkanes) is 33. The molecule has 1 rings (SSSR count). The summed E-state index contributed by atoms with van der Waals surface area (Å²) in [5.41, 5.74) is 1.36. The highest BCUT2D eigenvalue weighted by Gasteiger charge is 2.22. The lowest BCUT2D eigenvalue weighted by molar-refractivity contribution is 0.0934. The van der Waals surface area contributed by atoms with Crippen LogP contribution in [0.2, 0.25) is 0 Å². The quantitative estimate of drug-likeness (QED) is 0.0205. The maximum Gasteiger partial charge on any atom is 0.0667 e. The zero-order valence-electron chi connectivity index (χ0n) is 55.7. The lowest BCUT2D eigenvalue weighted by Crippen LogP contribution is -2.36. The van der Waals surface area contributed by atoms with E-state index >= 15 is 0 Å². The lowest BCUT2D eigenvalue weighted by atomic mass is 10.0. The van der Waals surface area contributed by atoms with Gasteiger partial charge in [0.1, 0.15) is 0 Å². The molecule has 0 radical (unpaired) electrons. The Bertz CT molecular complexity index is 1440. The van der Waals surface area contributed by atoms with E-state index in [2.05, 4.69) is 109 Å². The summed E-state index contributed by atoms with van der Waals surface area (Å²) in [6.45, 7) is 26.5. The van der Waals surface area contributed by atoms with Crippen molar-refractivity contribution in [3.05, 3.63) is 60.8 Å². The summed E-state index contributed by atoms with van der Waals surface area (Å²) < 4.78 is 2.56. The van der Waals surface area contributed by atoms with Gasteiger partial charge in [-0.2, -0.15) is 0 Å². The van der Waals surface area contributed by atoms with E-state index in [0.717, 1.165) is 104 Å². The van der Waals surface area contributed by atoms with Crippen LogP contribution in [0.3, 0.4) is 0 Å². The maximum atomic E-state index is 11.3. The number of allylic oxidation sites excluding steroid dienone is 8. The Morgan fingerprint density at radius 1 is 0.439 bits per heavy atom. The van der Waals surface area contributed by atoms with Gasteiger partial charge in [-0.25, -0.2) is 4.31 Å². The number of rotatable bonds is 65. The Balaban J connectivity index is 2.50. The Morgan fingerprint density at radius 3 is 1.35 bits per heavy atom. The van der Waals surface area contributed by atoms with Gasteiger partial charge in [0.2, 0.25) is 0 Å². The third-order valence-electron chi connectivity index (χ3n) is 17.0. The Hall–Kier alpha value is -0.840. The molecule has 2 N–H and O–H groups in total. The predicted molar refractivity (Wildman–Crippen MR) is 373 cm³/mol. The second kappa shape index (κ2) is 63.2. The van der Waals surface area contributed by atoms with Crippen LogP contribution < -0.4 is 0 Å². The van der Waals surface area contributed by atoms with Gasteiger partial charge in [-0.15, -0.1) is 0 Å². The molecular formula is C74H142N4O2S2. The average molecular weight is 1180 g/mol. The van der Waals surface area contributed by atoms with Gasteiger partial charge in [-0.3, -0.25) is 4.90 Å². The zero-order valence-corrected chi connectivity index (χ0v) is 57.3. The van der Waals surface area contributed by atoms with Crippen LogP contribution in [-0.4, -0.2) is 113 Å². The summed E-state index contributed by atoms with van der Waals surface area (Å²) in [6.07, 6.45) is 75.8. The first-order chi connectivity index (χ1) is 40.3. The van der Waals surface area contributed by atoms with Gasteiger partial charge in [0, 0.05) is 45.0 Å². The van der Waals surface area contributed by atoms with E-state index < -0.39 is 0 Å². The van der Waals surface area contributed by atoms with Crippen LogP contribution in [0, 0.1) is 5.92 Å². The molecule has 3 unspecified atom stereocenters. The highest BCUT2D eigenvalue weighted by Crippen LogP contribution is 2.30. The first-order valence-corrected chi connectivity index (χ1v) is 38.5. The van der Waals surface area contributed by atoms with Crippen molar-refractivity contribution >= 4 is 21.8 Å². The number of hydrogen-bond acceptors (Lipinski definition) is 8. The van der Waals surface area contributed by atoms with Crippen LogP contribution in [0.1, 0.15) is 324 Å². The van der Waals surface area contributed by atoms with E-state index in [1.54, 1.807) is 0 Å². The van der Waals surface area contributed by atoms with Gasteiger partial charge in [0.15, 0.2) is 0 Å². The molecule has 1 aliphatic rings. The predicted octanol–water partition coefficient (Wildman–Crippen LogP) is 22.2. The average Bonchev–Trinajstić information content (AvgIpc) is 3.95. The standard InChI is InChI=1S/C74H142N4O2S2/c1-7-11-15-19-23-27-31-34-37-41-45-49-56-71(5)66-76(69-74(80)59-51-47-43-39-35-32-28-24-20-16-12-8-2)62-55-57-72(6)67-77-63-64-78(70-77)82-81-65-54-53-61-75(60-52-48-44-40-36-33-29-25-21-17-13-9-3)68-73(79)58-50-46-42-38-30-26-22-18-14-10-4/h19,23-24,27-28,31-32,35,71,73-74,79-80H,6-18,20-22,25-26,29-30,33-34,36-70H2,1-5H3/b23-19+,28-24+,31-27+,35-32+. The third kappa shape index (κ3) is 55.7. The minimum Gasteiger partial charge on any atom is -0.392 e. The molecule has 8 heteroatoms. The molecule has 1 aliphatic heterocycles. The SMILES string of the molecule is C=C(CCCN(CC(C)CCCCCC/C=C/C=C/CCCC)CC(O)CCCCC/C=C/C=C/CCCCC)CN1CCN(SSCCCCN(CCCCCCCCCCCCCC)CC(O)CCCCCCCCCCCC)C1. The summed E-state index contributed by atoms with van der Waals surface area (Å²) in [6, 6.07) is 0. The highest BCUT2D eigenvalue weighted by molar-refractivity contribution is 8.75. The van der Waals surface area contributed by atoms with E-state index in [1.165, 1.54) is 262 Å². The smallest absolute Gasteiger partial charge is 0.0667 e. The molecule has 482 valence electrons. The number of aliphatic hydroxyl groups is 2. The van der Waals surface area contributed by atoms with E-state index in [-0.39, 0.29) is 12.2 Å². The van der Waals surface area contributed by atoms with Crippen molar-refractivity contribution < 1.29 is 10.2 Å². The van der Waals surface area contributed by atoms with E-state index in [9.17, 15) is 10.2 Å². The van der Waals surface area contributed by atoms with Crippen LogP contribution in [0.15, 0.2) is 60.8 Å². The van der Waals surface area contributed by atoms with Crippen molar-refractivity contribution in [3.63, 3.8) is 0 Å². The van der Waals surface area contributed by atoms with Crippen LogP contribution in [0.5, 0.6) is 0 Å². The molecule has 1 fully saturated rings. The fourth-order valence-corrected chi connectivity index (χ4v) is 14.0. The van der Waals surface area contributed by atoms with Crippen molar-refractivity contribution in [2.75, 3.05) is 71.3 Å². The van der Waals surface area contributed by atoms with E-state index in [0.29, 0.717) is 5.92 Å². The fraction of sp³-hybridized carbons (Fsp3) is 0.865. The van der Waals surface area contributed by atoms with Crippen molar-refractivity contribution in [2.24, 2.45) is 5.92 Å². The van der Waals surface area contributed by atoms with Crippen molar-refractivity contribution in [1.82, 2.24) is 19.0 Å². The molecule has 0 aromatic heterocycles. The van der Waals surface area contributed by atoms with Gasteiger partial charge in [0.25, 0.3) is 0 Å². The molecule has 1 heterocycles. The zero-order chi connectivity index (χ0) is 59.3. The first-order valence-electron chi connectivity index (χ1n) is 36.2. The summed E-state index contributed by atoms with van der Waals surface area (Å²) in [5.74, 6) is 1.84. The summed E-state index contributed by atoms with van der Waals surface area (Å²) in [7, 11) is 4.02. The Kier molecular flexibility index (Phi) is 61.0. The molecule has 6 nitrogen and oxygen atoms in total. The van der Waals surface area contributed by atoms with Gasteiger partial charge >= 0.3 is 0 Å². The fourth-order valence-electron chi connectivity index (χ4n) is 11.7. The molecular weight excluding hydrogens is 1040 g/mol. The second-order valence-electron chi connectivity index (χ2n) is 25.7. The van der Waals surface area contributed by atoms with Crippen molar-refractivity contribution in [1.29, 1.82) is 0 Å². The van der Waals surface area contributed by atoms with Crippen molar-refractivity contribution in [3.8, 4) is 0 Å². The van der Waals surface area contributed by atoms with Crippen LogP contribution in [0.4, 0.5) is 0 Å². The molecule has 1 saturated heterocycles. The topological polar surface area (TPSA) is 53.4 Å². The lowest BCUT2D eigenvalue weighted by Gasteiger charge is -2.28. The first kappa shape index (κ1) is 79.2. The van der Waals surface area contributed by atoms with Crippen molar-refractivity contribution in [2.45, 2.75) is 336 Å². The van der Waals surface area contributed by atoms with E-state index in [4.69, 9.17) is 0 Å². The molecule has 0 aliphatic carbocycles. The van der Waals surface area contributed by atoms with E-state index in [1.807, 2.05) is 21.8 Å². The normalized spacial score (nSPS) is 14.9. The van der Waals surface area contributed by atoms with Crippen LogP contribution >= 0.6 is 21.8 Å². The number of hydrogen-bond donors (Lipinski definition) is 2.